The van der Waals surface area contributed by atoms with E-state index in [4.69, 9.17) is 9.47 Å². The molecule has 1 amide bonds. The van der Waals surface area contributed by atoms with E-state index in [1.165, 1.54) is 4.88 Å². The van der Waals surface area contributed by atoms with Gasteiger partial charge in [-0.2, -0.15) is 5.10 Å². The molecule has 0 spiro atoms. The zero-order valence-corrected chi connectivity index (χ0v) is 12.3. The Morgan fingerprint density at radius 1 is 1.33 bits per heavy atom. The molecule has 2 aromatic rings. The number of hydrogen-bond acceptors (Lipinski definition) is 5. The normalized spacial score (nSPS) is 12.8. The molecule has 0 bridgehead atoms. The molecule has 1 aliphatic heterocycles. The van der Waals surface area contributed by atoms with Crippen LogP contribution in [0.15, 0.2) is 35.4 Å². The highest BCUT2D eigenvalue weighted by Gasteiger charge is 2.15. The molecule has 0 radical (unpaired) electrons. The zero-order valence-electron chi connectivity index (χ0n) is 11.5. The summed E-state index contributed by atoms with van der Waals surface area (Å²) in [5.41, 5.74) is 2.99. The monoisotopic (exact) mass is 302 g/mol. The van der Waals surface area contributed by atoms with Crippen molar-refractivity contribution in [3.05, 3.63) is 45.6 Å². The van der Waals surface area contributed by atoms with Gasteiger partial charge in [-0.1, -0.05) is 6.92 Å². The number of aryl methyl sites for hydroxylation is 1. The fourth-order valence-electron chi connectivity index (χ4n) is 1.91. The lowest BCUT2D eigenvalue weighted by molar-refractivity contribution is 0.0954. The fourth-order valence-corrected chi connectivity index (χ4v) is 2.74. The molecule has 3 rings (SSSR count). The third-order valence-electron chi connectivity index (χ3n) is 3.02. The molecule has 5 nitrogen and oxygen atoms in total. The first-order chi connectivity index (χ1) is 10.3. The first-order valence-electron chi connectivity index (χ1n) is 6.58. The molecule has 0 atom stereocenters. The Morgan fingerprint density at radius 3 is 3.00 bits per heavy atom. The van der Waals surface area contributed by atoms with Crippen LogP contribution in [0.2, 0.25) is 0 Å². The molecule has 1 aromatic heterocycles. The van der Waals surface area contributed by atoms with E-state index in [2.05, 4.69) is 23.5 Å². The Bertz CT molecular complexity index is 694. The molecular weight excluding hydrogens is 288 g/mol. The first-order valence-corrected chi connectivity index (χ1v) is 7.39. The van der Waals surface area contributed by atoms with Crippen LogP contribution in [0.3, 0.4) is 0 Å². The van der Waals surface area contributed by atoms with Gasteiger partial charge in [-0.3, -0.25) is 4.79 Å². The summed E-state index contributed by atoms with van der Waals surface area (Å²) in [7, 11) is 0. The second-order valence-corrected chi connectivity index (χ2v) is 5.62. The molecule has 1 N–H and O–H groups in total. The van der Waals surface area contributed by atoms with Crippen LogP contribution in [-0.2, 0) is 6.42 Å². The number of carbonyl (C=O) groups is 1. The maximum Gasteiger partial charge on any atom is 0.271 e. The molecule has 0 saturated carbocycles. The number of fused-ring (bicyclic) bond motifs is 1. The number of benzene rings is 1. The largest absolute Gasteiger partial charge is 0.454 e. The van der Waals surface area contributed by atoms with Gasteiger partial charge < -0.3 is 9.47 Å². The van der Waals surface area contributed by atoms with E-state index < -0.39 is 0 Å². The molecule has 0 fully saturated rings. The number of nitrogens with zero attached hydrogens (tertiary/aromatic N) is 1. The first kappa shape index (κ1) is 13.6. The van der Waals surface area contributed by atoms with Crippen LogP contribution in [-0.4, -0.2) is 18.9 Å². The van der Waals surface area contributed by atoms with Crippen LogP contribution >= 0.6 is 11.3 Å². The van der Waals surface area contributed by atoms with Gasteiger partial charge in [-0.05, 0) is 36.8 Å². The highest BCUT2D eigenvalue weighted by atomic mass is 32.1. The number of rotatable bonds is 4. The van der Waals surface area contributed by atoms with Gasteiger partial charge in [-0.15, -0.1) is 11.3 Å². The van der Waals surface area contributed by atoms with Gasteiger partial charge >= 0.3 is 0 Å². The maximum absolute atomic E-state index is 12.0. The molecule has 1 aliphatic rings. The number of ether oxygens (including phenoxy) is 2. The Hall–Kier alpha value is -2.34. The number of hydrogen-bond donors (Lipinski definition) is 1. The second kappa shape index (κ2) is 5.97. The minimum Gasteiger partial charge on any atom is -0.454 e. The highest BCUT2D eigenvalue weighted by Crippen LogP contribution is 2.32. The van der Waals surface area contributed by atoms with Crippen molar-refractivity contribution in [3.8, 4) is 11.5 Å². The standard InChI is InChI=1S/C15H14N2O3S/c1-2-11-4-5-12(21-11)8-16-17-15(18)10-3-6-13-14(7-10)20-9-19-13/h3-8H,2,9H2,1H3,(H,17,18). The van der Waals surface area contributed by atoms with Crippen LogP contribution in [0.4, 0.5) is 0 Å². The molecule has 108 valence electrons. The highest BCUT2D eigenvalue weighted by molar-refractivity contribution is 7.13. The van der Waals surface area contributed by atoms with E-state index in [-0.39, 0.29) is 12.7 Å². The van der Waals surface area contributed by atoms with Crippen molar-refractivity contribution >= 4 is 23.5 Å². The summed E-state index contributed by atoms with van der Waals surface area (Å²) >= 11 is 1.66. The van der Waals surface area contributed by atoms with Crippen molar-refractivity contribution in [2.24, 2.45) is 5.10 Å². The Kier molecular flexibility index (Phi) is 3.87. The number of thiophene rings is 1. The molecule has 0 unspecified atom stereocenters. The van der Waals surface area contributed by atoms with Crippen LogP contribution in [0.25, 0.3) is 0 Å². The number of amides is 1. The van der Waals surface area contributed by atoms with Crippen LogP contribution in [0.1, 0.15) is 27.0 Å². The Balaban J connectivity index is 1.63. The van der Waals surface area contributed by atoms with Crippen LogP contribution < -0.4 is 14.9 Å². The molecule has 2 heterocycles. The Labute approximate surface area is 126 Å². The van der Waals surface area contributed by atoms with Crippen molar-refractivity contribution in [2.75, 3.05) is 6.79 Å². The van der Waals surface area contributed by atoms with Crippen molar-refractivity contribution in [1.82, 2.24) is 5.43 Å². The van der Waals surface area contributed by atoms with E-state index in [0.717, 1.165) is 11.3 Å². The third kappa shape index (κ3) is 3.05. The summed E-state index contributed by atoms with van der Waals surface area (Å²) in [5, 5.41) is 3.97. The van der Waals surface area contributed by atoms with Gasteiger partial charge in [0.1, 0.15) is 0 Å². The van der Waals surface area contributed by atoms with E-state index in [0.29, 0.717) is 17.1 Å². The van der Waals surface area contributed by atoms with Crippen molar-refractivity contribution in [2.45, 2.75) is 13.3 Å². The van der Waals surface area contributed by atoms with Crippen molar-refractivity contribution < 1.29 is 14.3 Å². The number of hydrazone groups is 1. The fraction of sp³-hybridized carbons (Fsp3) is 0.200. The molecule has 0 aliphatic carbocycles. The average molecular weight is 302 g/mol. The zero-order chi connectivity index (χ0) is 14.7. The minimum absolute atomic E-state index is 0.191. The van der Waals surface area contributed by atoms with Crippen molar-refractivity contribution in [1.29, 1.82) is 0 Å². The van der Waals surface area contributed by atoms with Gasteiger partial charge in [-0.25, -0.2) is 5.43 Å². The van der Waals surface area contributed by atoms with Crippen molar-refractivity contribution in [3.63, 3.8) is 0 Å². The van der Waals surface area contributed by atoms with Gasteiger partial charge in [0.15, 0.2) is 11.5 Å². The van der Waals surface area contributed by atoms with E-state index in [1.807, 2.05) is 6.07 Å². The SMILES string of the molecule is CCc1ccc(C=NNC(=O)c2ccc3c(c2)OCO3)s1. The quantitative estimate of drug-likeness (QED) is 0.698. The van der Waals surface area contributed by atoms with E-state index in [1.54, 1.807) is 35.8 Å². The summed E-state index contributed by atoms with van der Waals surface area (Å²) in [4.78, 5) is 14.3. The lowest BCUT2D eigenvalue weighted by Gasteiger charge is -2.01. The summed E-state index contributed by atoms with van der Waals surface area (Å²) < 4.78 is 10.4. The van der Waals surface area contributed by atoms with Gasteiger partial charge in [0, 0.05) is 15.3 Å². The predicted molar refractivity (Wildman–Crippen MR) is 81.3 cm³/mol. The van der Waals surface area contributed by atoms with Gasteiger partial charge in [0.2, 0.25) is 6.79 Å². The van der Waals surface area contributed by atoms with Gasteiger partial charge in [0.05, 0.1) is 6.21 Å². The smallest absolute Gasteiger partial charge is 0.271 e. The summed E-state index contributed by atoms with van der Waals surface area (Å²) in [6.07, 6.45) is 2.65. The Morgan fingerprint density at radius 2 is 2.19 bits per heavy atom. The minimum atomic E-state index is -0.281. The topological polar surface area (TPSA) is 59.9 Å². The number of nitrogens with one attached hydrogen (secondary N) is 1. The molecule has 21 heavy (non-hydrogen) atoms. The van der Waals surface area contributed by atoms with Crippen LogP contribution in [0.5, 0.6) is 11.5 Å². The second-order valence-electron chi connectivity index (χ2n) is 4.42. The summed E-state index contributed by atoms with van der Waals surface area (Å²) in [6.45, 7) is 2.30. The van der Waals surface area contributed by atoms with E-state index >= 15 is 0 Å². The number of carbonyl (C=O) groups excluding carboxylic acids is 1. The van der Waals surface area contributed by atoms with Gasteiger partial charge in [0.25, 0.3) is 5.91 Å². The predicted octanol–water partition coefficient (Wildman–Crippen LogP) is 2.80. The molecule has 1 aromatic carbocycles. The maximum atomic E-state index is 12.0. The molecule has 0 saturated heterocycles. The summed E-state index contributed by atoms with van der Waals surface area (Å²) in [5.74, 6) is 0.954. The lowest BCUT2D eigenvalue weighted by Crippen LogP contribution is -2.17. The van der Waals surface area contributed by atoms with E-state index in [9.17, 15) is 4.79 Å². The summed E-state index contributed by atoms with van der Waals surface area (Å²) in [6, 6.07) is 9.09. The third-order valence-corrected chi connectivity index (χ3v) is 4.19. The molecule has 6 heteroatoms. The van der Waals surface area contributed by atoms with Crippen LogP contribution in [0, 0.1) is 0 Å². The lowest BCUT2D eigenvalue weighted by atomic mass is 10.2. The molecular formula is C15H14N2O3S. The average Bonchev–Trinajstić information content (AvgIpc) is 3.14.